The zero-order chi connectivity index (χ0) is 17.9. The highest BCUT2D eigenvalue weighted by molar-refractivity contribution is 5.59. The van der Waals surface area contributed by atoms with E-state index in [2.05, 4.69) is 36.7 Å². The Bertz CT molecular complexity index is 889. The lowest BCUT2D eigenvalue weighted by Crippen LogP contribution is -2.47. The highest BCUT2D eigenvalue weighted by Gasteiger charge is 2.22. The number of anilines is 2. The normalized spacial score (nSPS) is 14.5. The second kappa shape index (κ2) is 7.03. The van der Waals surface area contributed by atoms with Gasteiger partial charge >= 0.3 is 0 Å². The lowest BCUT2D eigenvalue weighted by atomic mass is 10.2. The quantitative estimate of drug-likeness (QED) is 0.720. The first kappa shape index (κ1) is 16.4. The van der Waals surface area contributed by atoms with Crippen LogP contribution >= 0.6 is 0 Å². The van der Waals surface area contributed by atoms with Crippen LogP contribution in [0, 0.1) is 13.8 Å². The molecule has 26 heavy (non-hydrogen) atoms. The predicted octanol–water partition coefficient (Wildman–Crippen LogP) is 2.27. The first-order valence-corrected chi connectivity index (χ1v) is 8.74. The zero-order valence-corrected chi connectivity index (χ0v) is 15.0. The molecule has 0 N–H and O–H groups in total. The molecule has 1 fully saturated rings. The van der Waals surface area contributed by atoms with E-state index in [0.29, 0.717) is 0 Å². The van der Waals surface area contributed by atoms with Crippen LogP contribution in [-0.4, -0.2) is 51.1 Å². The van der Waals surface area contributed by atoms with E-state index in [4.69, 9.17) is 4.98 Å². The van der Waals surface area contributed by atoms with Gasteiger partial charge in [0, 0.05) is 61.6 Å². The van der Waals surface area contributed by atoms with E-state index in [0.717, 1.165) is 60.5 Å². The van der Waals surface area contributed by atoms with E-state index in [-0.39, 0.29) is 0 Å². The molecule has 0 saturated carbocycles. The van der Waals surface area contributed by atoms with E-state index >= 15 is 0 Å². The Kier molecular flexibility index (Phi) is 4.43. The molecule has 3 aromatic rings. The highest BCUT2D eigenvalue weighted by Crippen LogP contribution is 2.22. The van der Waals surface area contributed by atoms with Crippen LogP contribution in [-0.2, 0) is 0 Å². The van der Waals surface area contributed by atoms with Crippen LogP contribution in [0.4, 0.5) is 11.8 Å². The molecule has 1 aliphatic heterocycles. The SMILES string of the molecule is Cc1ncnc(N2CCN(c3nccc(-c4cccnc4)n3)CC2)c1C. The van der Waals surface area contributed by atoms with Gasteiger partial charge in [0.2, 0.25) is 5.95 Å². The summed E-state index contributed by atoms with van der Waals surface area (Å²) in [6.45, 7) is 7.60. The molecule has 0 radical (unpaired) electrons. The fourth-order valence-corrected chi connectivity index (χ4v) is 3.14. The van der Waals surface area contributed by atoms with Gasteiger partial charge in [-0.05, 0) is 32.0 Å². The van der Waals surface area contributed by atoms with E-state index in [1.165, 1.54) is 0 Å². The largest absolute Gasteiger partial charge is 0.353 e. The van der Waals surface area contributed by atoms with Crippen LogP contribution in [0.2, 0.25) is 0 Å². The van der Waals surface area contributed by atoms with Crippen LogP contribution in [0.25, 0.3) is 11.3 Å². The molecule has 7 nitrogen and oxygen atoms in total. The Morgan fingerprint density at radius 3 is 2.46 bits per heavy atom. The molecule has 1 saturated heterocycles. The van der Waals surface area contributed by atoms with Gasteiger partial charge in [0.25, 0.3) is 0 Å². The Balaban J connectivity index is 1.49. The summed E-state index contributed by atoms with van der Waals surface area (Å²) < 4.78 is 0. The van der Waals surface area contributed by atoms with Gasteiger partial charge < -0.3 is 9.80 Å². The van der Waals surface area contributed by atoms with Crippen LogP contribution in [0.5, 0.6) is 0 Å². The Morgan fingerprint density at radius 2 is 1.69 bits per heavy atom. The van der Waals surface area contributed by atoms with E-state index in [9.17, 15) is 0 Å². The number of pyridine rings is 1. The summed E-state index contributed by atoms with van der Waals surface area (Å²) in [4.78, 5) is 26.6. The summed E-state index contributed by atoms with van der Waals surface area (Å²) in [6.07, 6.45) is 7.05. The molecule has 3 aromatic heterocycles. The number of aryl methyl sites for hydroxylation is 1. The number of rotatable bonds is 3. The van der Waals surface area contributed by atoms with Crippen molar-refractivity contribution in [3.63, 3.8) is 0 Å². The first-order chi connectivity index (χ1) is 12.7. The van der Waals surface area contributed by atoms with Crippen molar-refractivity contribution >= 4 is 11.8 Å². The van der Waals surface area contributed by atoms with Gasteiger partial charge in [-0.3, -0.25) is 4.98 Å². The molecule has 0 aliphatic carbocycles. The van der Waals surface area contributed by atoms with Crippen LogP contribution in [0.15, 0.2) is 43.1 Å². The molecule has 1 aliphatic rings. The molecular formula is C19H21N7. The summed E-state index contributed by atoms with van der Waals surface area (Å²) in [5, 5.41) is 0. The fourth-order valence-electron chi connectivity index (χ4n) is 3.14. The van der Waals surface area contributed by atoms with Crippen molar-refractivity contribution in [2.24, 2.45) is 0 Å². The monoisotopic (exact) mass is 347 g/mol. The van der Waals surface area contributed by atoms with E-state index in [1.807, 2.05) is 37.5 Å². The average molecular weight is 347 g/mol. The number of nitrogens with zero attached hydrogens (tertiary/aromatic N) is 7. The maximum Gasteiger partial charge on any atom is 0.225 e. The smallest absolute Gasteiger partial charge is 0.225 e. The topological polar surface area (TPSA) is 70.9 Å². The minimum Gasteiger partial charge on any atom is -0.353 e. The predicted molar refractivity (Wildman–Crippen MR) is 101 cm³/mol. The third kappa shape index (κ3) is 3.20. The maximum absolute atomic E-state index is 4.73. The van der Waals surface area contributed by atoms with Crippen molar-refractivity contribution in [2.75, 3.05) is 36.0 Å². The zero-order valence-electron chi connectivity index (χ0n) is 15.0. The molecule has 0 amide bonds. The second-order valence-corrected chi connectivity index (χ2v) is 6.37. The van der Waals surface area contributed by atoms with Crippen molar-refractivity contribution in [1.82, 2.24) is 24.9 Å². The number of hydrogen-bond donors (Lipinski definition) is 0. The summed E-state index contributed by atoms with van der Waals surface area (Å²) >= 11 is 0. The Labute approximate surface area is 152 Å². The van der Waals surface area contributed by atoms with Crippen LogP contribution < -0.4 is 9.80 Å². The lowest BCUT2D eigenvalue weighted by molar-refractivity contribution is 0.632. The van der Waals surface area contributed by atoms with Gasteiger partial charge in [-0.15, -0.1) is 0 Å². The first-order valence-electron chi connectivity index (χ1n) is 8.74. The molecule has 4 heterocycles. The third-order valence-electron chi connectivity index (χ3n) is 4.77. The minimum absolute atomic E-state index is 0.765. The molecule has 0 atom stereocenters. The average Bonchev–Trinajstić information content (AvgIpc) is 2.71. The number of aromatic nitrogens is 5. The van der Waals surface area contributed by atoms with E-state index < -0.39 is 0 Å². The molecule has 0 unspecified atom stereocenters. The van der Waals surface area contributed by atoms with Crippen molar-refractivity contribution < 1.29 is 0 Å². The summed E-state index contributed by atoms with van der Waals surface area (Å²) in [5.41, 5.74) is 4.08. The lowest BCUT2D eigenvalue weighted by Gasteiger charge is -2.36. The third-order valence-corrected chi connectivity index (χ3v) is 4.77. The fraction of sp³-hybridized carbons (Fsp3) is 0.316. The van der Waals surface area contributed by atoms with Crippen LogP contribution in [0.3, 0.4) is 0 Å². The summed E-state index contributed by atoms with van der Waals surface area (Å²) in [5.74, 6) is 1.80. The maximum atomic E-state index is 4.73. The highest BCUT2D eigenvalue weighted by atomic mass is 15.3. The van der Waals surface area contributed by atoms with Crippen LogP contribution in [0.1, 0.15) is 11.3 Å². The van der Waals surface area contributed by atoms with Gasteiger partial charge in [0.15, 0.2) is 0 Å². The molecule has 0 spiro atoms. The van der Waals surface area contributed by atoms with Gasteiger partial charge in [0.05, 0.1) is 5.69 Å². The standard InChI is InChI=1S/C19H21N7/c1-14-15(2)22-13-23-18(14)25-8-10-26(11-9-25)19-21-7-5-17(24-19)16-4-3-6-20-12-16/h3-7,12-13H,8-11H2,1-2H3. The Morgan fingerprint density at radius 1 is 0.885 bits per heavy atom. The summed E-state index contributed by atoms with van der Waals surface area (Å²) in [6, 6.07) is 5.85. The molecule has 132 valence electrons. The molecule has 0 aromatic carbocycles. The number of piperazine rings is 1. The van der Waals surface area contributed by atoms with Crippen molar-refractivity contribution in [2.45, 2.75) is 13.8 Å². The van der Waals surface area contributed by atoms with Gasteiger partial charge in [0.1, 0.15) is 12.1 Å². The molecule has 4 rings (SSSR count). The number of hydrogen-bond acceptors (Lipinski definition) is 7. The Hall–Kier alpha value is -3.09. The van der Waals surface area contributed by atoms with Gasteiger partial charge in [-0.1, -0.05) is 0 Å². The molecular weight excluding hydrogens is 326 g/mol. The second-order valence-electron chi connectivity index (χ2n) is 6.37. The van der Waals surface area contributed by atoms with Gasteiger partial charge in [-0.2, -0.15) is 0 Å². The van der Waals surface area contributed by atoms with Crippen molar-refractivity contribution in [1.29, 1.82) is 0 Å². The minimum atomic E-state index is 0.765. The van der Waals surface area contributed by atoms with Crippen molar-refractivity contribution in [3.05, 3.63) is 54.4 Å². The molecule has 7 heteroatoms. The molecule has 0 bridgehead atoms. The van der Waals surface area contributed by atoms with Gasteiger partial charge in [-0.25, -0.2) is 19.9 Å². The summed E-state index contributed by atoms with van der Waals surface area (Å²) in [7, 11) is 0. The van der Waals surface area contributed by atoms with Crippen molar-refractivity contribution in [3.8, 4) is 11.3 Å². The van der Waals surface area contributed by atoms with E-state index in [1.54, 1.807) is 12.5 Å².